The number of amides is 1. The summed E-state index contributed by atoms with van der Waals surface area (Å²) in [5.41, 5.74) is 0.480. The van der Waals surface area contributed by atoms with E-state index in [0.717, 1.165) is 6.54 Å². The zero-order valence-electron chi connectivity index (χ0n) is 12.4. The molecule has 1 aromatic carbocycles. The number of likely N-dealkylation sites (tertiary alicyclic amines) is 1. The van der Waals surface area contributed by atoms with E-state index in [1.807, 2.05) is 0 Å². The fourth-order valence-corrected chi connectivity index (χ4v) is 3.03. The molecule has 1 aliphatic heterocycles. The number of piperidine rings is 1. The van der Waals surface area contributed by atoms with Crippen molar-refractivity contribution in [2.24, 2.45) is 5.92 Å². The van der Waals surface area contributed by atoms with E-state index in [9.17, 15) is 9.18 Å². The molecule has 1 unspecified atom stereocenters. The normalized spacial score (nSPS) is 17.5. The van der Waals surface area contributed by atoms with Gasteiger partial charge < -0.3 is 10.2 Å². The van der Waals surface area contributed by atoms with Gasteiger partial charge in [0.15, 0.2) is 0 Å². The molecule has 1 fully saturated rings. The highest BCUT2D eigenvalue weighted by molar-refractivity contribution is 9.10. The fourth-order valence-electron chi connectivity index (χ4n) is 2.65. The van der Waals surface area contributed by atoms with Crippen LogP contribution in [0.1, 0.15) is 36.5 Å². The van der Waals surface area contributed by atoms with Gasteiger partial charge in [-0.1, -0.05) is 13.3 Å². The predicted octanol–water partition coefficient (Wildman–Crippen LogP) is 3.44. The number of halogens is 2. The van der Waals surface area contributed by atoms with E-state index < -0.39 is 0 Å². The summed E-state index contributed by atoms with van der Waals surface area (Å²) < 4.78 is 13.5. The van der Waals surface area contributed by atoms with E-state index in [-0.39, 0.29) is 11.7 Å². The molecule has 0 spiro atoms. The van der Waals surface area contributed by atoms with Crippen LogP contribution in [0.25, 0.3) is 0 Å². The number of nitrogens with one attached hydrogen (secondary N) is 1. The molecule has 1 atom stereocenters. The van der Waals surface area contributed by atoms with Crippen molar-refractivity contribution in [3.63, 3.8) is 0 Å². The van der Waals surface area contributed by atoms with Gasteiger partial charge in [0.05, 0.1) is 4.47 Å². The topological polar surface area (TPSA) is 32.3 Å². The molecule has 5 heteroatoms. The van der Waals surface area contributed by atoms with Crippen molar-refractivity contribution in [3.05, 3.63) is 34.1 Å². The molecule has 1 saturated heterocycles. The van der Waals surface area contributed by atoms with Gasteiger partial charge in [0.2, 0.25) is 0 Å². The van der Waals surface area contributed by atoms with Crippen molar-refractivity contribution in [2.75, 3.05) is 26.2 Å². The maximum atomic E-state index is 13.2. The summed E-state index contributed by atoms with van der Waals surface area (Å²) in [5, 5.41) is 2.93. The summed E-state index contributed by atoms with van der Waals surface area (Å²) in [6.07, 6.45) is 3.90. The third-order valence-corrected chi connectivity index (χ3v) is 4.42. The van der Waals surface area contributed by atoms with Crippen molar-refractivity contribution >= 4 is 21.8 Å². The van der Waals surface area contributed by atoms with Crippen LogP contribution in [0, 0.1) is 11.7 Å². The smallest absolute Gasteiger partial charge is 0.251 e. The average Bonchev–Trinajstić information content (AvgIpc) is 2.48. The quantitative estimate of drug-likeness (QED) is 0.876. The van der Waals surface area contributed by atoms with Crippen LogP contribution >= 0.6 is 15.9 Å². The summed E-state index contributed by atoms with van der Waals surface area (Å²) in [6.45, 7) is 6.15. The zero-order valence-corrected chi connectivity index (χ0v) is 14.0. The molecule has 1 heterocycles. The van der Waals surface area contributed by atoms with E-state index >= 15 is 0 Å². The number of carbonyl (C=O) groups is 1. The Hall–Kier alpha value is -0.940. The summed E-state index contributed by atoms with van der Waals surface area (Å²) in [4.78, 5) is 14.5. The Morgan fingerprint density at radius 3 is 2.76 bits per heavy atom. The monoisotopic (exact) mass is 356 g/mol. The largest absolute Gasteiger partial charge is 0.352 e. The number of carbonyl (C=O) groups excluding carboxylic acids is 1. The van der Waals surface area contributed by atoms with Gasteiger partial charge in [-0.25, -0.2) is 4.39 Å². The van der Waals surface area contributed by atoms with Gasteiger partial charge in [0.25, 0.3) is 5.91 Å². The van der Waals surface area contributed by atoms with Gasteiger partial charge >= 0.3 is 0 Å². The van der Waals surface area contributed by atoms with Crippen molar-refractivity contribution in [2.45, 2.75) is 26.2 Å². The highest BCUT2D eigenvalue weighted by atomic mass is 79.9. The summed E-state index contributed by atoms with van der Waals surface area (Å²) >= 11 is 3.10. The number of hydrogen-bond donors (Lipinski definition) is 1. The molecule has 0 bridgehead atoms. The molecule has 1 aliphatic rings. The number of nitrogens with zero attached hydrogens (tertiary/aromatic N) is 1. The van der Waals surface area contributed by atoms with Gasteiger partial charge in [0, 0.05) is 18.7 Å². The molecular weight excluding hydrogens is 335 g/mol. The van der Waals surface area contributed by atoms with Crippen LogP contribution in [0.15, 0.2) is 22.7 Å². The number of benzene rings is 1. The van der Waals surface area contributed by atoms with Crippen LogP contribution < -0.4 is 5.32 Å². The maximum absolute atomic E-state index is 13.2. The van der Waals surface area contributed by atoms with Gasteiger partial charge in [-0.05, 0) is 66.0 Å². The molecule has 21 heavy (non-hydrogen) atoms. The van der Waals surface area contributed by atoms with Crippen LogP contribution in [-0.2, 0) is 0 Å². The third kappa shape index (κ3) is 5.08. The Balaban J connectivity index is 1.78. The third-order valence-electron chi connectivity index (χ3n) is 3.81. The minimum absolute atomic E-state index is 0.152. The van der Waals surface area contributed by atoms with Crippen molar-refractivity contribution in [3.8, 4) is 0 Å². The lowest BCUT2D eigenvalue weighted by atomic mass is 10.1. The summed E-state index contributed by atoms with van der Waals surface area (Å²) in [6, 6.07) is 4.32. The van der Waals surface area contributed by atoms with Crippen LogP contribution in [-0.4, -0.2) is 37.0 Å². The Morgan fingerprint density at radius 2 is 2.10 bits per heavy atom. The molecule has 1 aromatic rings. The second kappa shape index (κ2) is 7.90. The summed E-state index contributed by atoms with van der Waals surface area (Å²) in [7, 11) is 0. The molecule has 3 nitrogen and oxygen atoms in total. The first-order chi connectivity index (χ1) is 10.1. The standard InChI is InChI=1S/C16H22BrFN2O/c1-12(11-20-7-3-2-4-8-20)10-19-16(21)13-5-6-15(18)14(17)9-13/h5-6,9,12H,2-4,7-8,10-11H2,1H3,(H,19,21). The van der Waals surface area contributed by atoms with E-state index in [2.05, 4.69) is 33.1 Å². The second-order valence-corrected chi connectivity index (χ2v) is 6.66. The van der Waals surface area contributed by atoms with Crippen LogP contribution in [0.5, 0.6) is 0 Å². The minimum atomic E-state index is -0.356. The Bertz CT molecular complexity index is 489. The zero-order chi connectivity index (χ0) is 15.2. The molecule has 0 aromatic heterocycles. The van der Waals surface area contributed by atoms with E-state index in [1.54, 1.807) is 0 Å². The van der Waals surface area contributed by atoms with Crippen LogP contribution in [0.4, 0.5) is 4.39 Å². The molecule has 0 radical (unpaired) electrons. The highest BCUT2D eigenvalue weighted by Crippen LogP contribution is 2.17. The van der Waals surface area contributed by atoms with Crippen molar-refractivity contribution < 1.29 is 9.18 Å². The lowest BCUT2D eigenvalue weighted by molar-refractivity contribution is 0.0942. The number of hydrogen-bond acceptors (Lipinski definition) is 2. The second-order valence-electron chi connectivity index (χ2n) is 5.81. The summed E-state index contributed by atoms with van der Waals surface area (Å²) in [5.74, 6) is -0.0952. The van der Waals surface area contributed by atoms with Crippen molar-refractivity contribution in [1.29, 1.82) is 0 Å². The van der Waals surface area contributed by atoms with Gasteiger partial charge in [0.1, 0.15) is 5.82 Å². The molecular formula is C16H22BrFN2O. The van der Waals surface area contributed by atoms with Crippen LogP contribution in [0.2, 0.25) is 0 Å². The van der Waals surface area contributed by atoms with Crippen molar-refractivity contribution in [1.82, 2.24) is 10.2 Å². The molecule has 1 amide bonds. The predicted molar refractivity (Wildman–Crippen MR) is 85.9 cm³/mol. The first-order valence-electron chi connectivity index (χ1n) is 7.52. The van der Waals surface area contributed by atoms with Gasteiger partial charge in [-0.15, -0.1) is 0 Å². The molecule has 1 N–H and O–H groups in total. The average molecular weight is 357 g/mol. The first kappa shape index (κ1) is 16.4. The SMILES string of the molecule is CC(CNC(=O)c1ccc(F)c(Br)c1)CN1CCCCC1. The lowest BCUT2D eigenvalue weighted by Gasteiger charge is -2.29. The molecule has 116 valence electrons. The van der Waals surface area contributed by atoms with E-state index in [1.165, 1.54) is 50.6 Å². The van der Waals surface area contributed by atoms with E-state index in [0.29, 0.717) is 22.5 Å². The Morgan fingerprint density at radius 1 is 1.38 bits per heavy atom. The van der Waals surface area contributed by atoms with Gasteiger partial charge in [-0.3, -0.25) is 4.79 Å². The maximum Gasteiger partial charge on any atom is 0.251 e. The Kier molecular flexibility index (Phi) is 6.18. The molecule has 0 saturated carbocycles. The number of rotatable bonds is 5. The van der Waals surface area contributed by atoms with Gasteiger partial charge in [-0.2, -0.15) is 0 Å². The van der Waals surface area contributed by atoms with E-state index in [4.69, 9.17) is 0 Å². The highest BCUT2D eigenvalue weighted by Gasteiger charge is 2.15. The molecule has 2 rings (SSSR count). The fraction of sp³-hybridized carbons (Fsp3) is 0.562. The lowest BCUT2D eigenvalue weighted by Crippen LogP contribution is -2.38. The molecule has 0 aliphatic carbocycles. The van der Waals surface area contributed by atoms with Crippen LogP contribution in [0.3, 0.4) is 0 Å². The minimum Gasteiger partial charge on any atom is -0.352 e. The first-order valence-corrected chi connectivity index (χ1v) is 8.31. The Labute approximate surface area is 134 Å².